The Morgan fingerprint density at radius 2 is 1.75 bits per heavy atom. The van der Waals surface area contributed by atoms with E-state index in [0.717, 1.165) is 31.6 Å². The zero-order chi connectivity index (χ0) is 14.7. The maximum Gasteiger partial charge on any atom is 0.219 e. The molecule has 1 aliphatic rings. The first-order valence-corrected chi connectivity index (χ1v) is 7.23. The SMILES string of the molecule is CC(=O)N1CC(C)N(CCc2ccc(F)cc2)C(C)C1. The van der Waals surface area contributed by atoms with E-state index >= 15 is 0 Å². The van der Waals surface area contributed by atoms with Crippen LogP contribution in [0.4, 0.5) is 4.39 Å². The molecule has 0 aliphatic carbocycles. The fraction of sp³-hybridized carbons (Fsp3) is 0.562. The Morgan fingerprint density at radius 3 is 2.25 bits per heavy atom. The molecule has 0 aromatic heterocycles. The van der Waals surface area contributed by atoms with Crippen LogP contribution in [0.15, 0.2) is 24.3 Å². The number of nitrogens with zero attached hydrogens (tertiary/aromatic N) is 2. The number of piperazine rings is 1. The third kappa shape index (κ3) is 3.57. The molecule has 110 valence electrons. The summed E-state index contributed by atoms with van der Waals surface area (Å²) < 4.78 is 12.9. The molecule has 1 saturated heterocycles. The van der Waals surface area contributed by atoms with Gasteiger partial charge in [0.2, 0.25) is 5.91 Å². The van der Waals surface area contributed by atoms with Gasteiger partial charge in [0.25, 0.3) is 0 Å². The molecule has 2 atom stereocenters. The molecule has 2 rings (SSSR count). The molecular weight excluding hydrogens is 255 g/mol. The van der Waals surface area contributed by atoms with Gasteiger partial charge in [-0.2, -0.15) is 0 Å². The van der Waals surface area contributed by atoms with E-state index < -0.39 is 0 Å². The van der Waals surface area contributed by atoms with Gasteiger partial charge in [0.15, 0.2) is 0 Å². The zero-order valence-corrected chi connectivity index (χ0v) is 12.5. The van der Waals surface area contributed by atoms with Gasteiger partial charge in [-0.3, -0.25) is 9.69 Å². The van der Waals surface area contributed by atoms with Crippen LogP contribution >= 0.6 is 0 Å². The van der Waals surface area contributed by atoms with E-state index in [4.69, 9.17) is 0 Å². The summed E-state index contributed by atoms with van der Waals surface area (Å²) in [5.74, 6) is -0.0348. The average Bonchev–Trinajstić information content (AvgIpc) is 2.39. The van der Waals surface area contributed by atoms with Crippen LogP contribution in [0.5, 0.6) is 0 Å². The smallest absolute Gasteiger partial charge is 0.219 e. The summed E-state index contributed by atoms with van der Waals surface area (Å²) >= 11 is 0. The monoisotopic (exact) mass is 278 g/mol. The van der Waals surface area contributed by atoms with E-state index in [-0.39, 0.29) is 11.7 Å². The van der Waals surface area contributed by atoms with Crippen LogP contribution in [0, 0.1) is 5.82 Å². The van der Waals surface area contributed by atoms with Gasteiger partial charge in [-0.05, 0) is 38.0 Å². The lowest BCUT2D eigenvalue weighted by Crippen LogP contribution is -2.58. The minimum Gasteiger partial charge on any atom is -0.340 e. The normalized spacial score (nSPS) is 23.9. The fourth-order valence-electron chi connectivity index (χ4n) is 2.96. The topological polar surface area (TPSA) is 23.6 Å². The molecule has 1 fully saturated rings. The van der Waals surface area contributed by atoms with Crippen molar-refractivity contribution in [1.29, 1.82) is 0 Å². The highest BCUT2D eigenvalue weighted by Crippen LogP contribution is 2.16. The quantitative estimate of drug-likeness (QED) is 0.847. The van der Waals surface area contributed by atoms with Crippen molar-refractivity contribution in [3.63, 3.8) is 0 Å². The number of hydrogen-bond donors (Lipinski definition) is 0. The third-order valence-electron chi connectivity index (χ3n) is 4.12. The van der Waals surface area contributed by atoms with E-state index in [0.29, 0.717) is 12.1 Å². The highest BCUT2D eigenvalue weighted by atomic mass is 19.1. The summed E-state index contributed by atoms with van der Waals surface area (Å²) in [5.41, 5.74) is 1.15. The number of carbonyl (C=O) groups is 1. The third-order valence-corrected chi connectivity index (χ3v) is 4.12. The molecule has 0 spiro atoms. The zero-order valence-electron chi connectivity index (χ0n) is 12.5. The lowest BCUT2D eigenvalue weighted by atomic mass is 10.1. The Bertz CT molecular complexity index is 448. The summed E-state index contributed by atoms with van der Waals surface area (Å²) in [5, 5.41) is 0. The maximum absolute atomic E-state index is 12.9. The van der Waals surface area contributed by atoms with Gasteiger partial charge in [0.1, 0.15) is 5.82 Å². The summed E-state index contributed by atoms with van der Waals surface area (Å²) in [6.07, 6.45) is 0.912. The lowest BCUT2D eigenvalue weighted by Gasteiger charge is -2.44. The Labute approximate surface area is 120 Å². The highest BCUT2D eigenvalue weighted by molar-refractivity contribution is 5.73. The summed E-state index contributed by atoms with van der Waals surface area (Å²) in [6, 6.07) is 7.44. The van der Waals surface area contributed by atoms with Gasteiger partial charge in [-0.1, -0.05) is 12.1 Å². The summed E-state index contributed by atoms with van der Waals surface area (Å²) in [4.78, 5) is 15.8. The van der Waals surface area contributed by atoms with Crippen molar-refractivity contribution in [3.8, 4) is 0 Å². The molecule has 0 bridgehead atoms. The minimum atomic E-state index is -0.189. The second kappa shape index (κ2) is 6.35. The number of benzene rings is 1. The van der Waals surface area contributed by atoms with Gasteiger partial charge in [0.05, 0.1) is 0 Å². The predicted octanol–water partition coefficient (Wildman–Crippen LogP) is 2.31. The maximum atomic E-state index is 12.9. The van der Waals surface area contributed by atoms with Crippen molar-refractivity contribution in [2.24, 2.45) is 0 Å². The summed E-state index contributed by atoms with van der Waals surface area (Å²) in [6.45, 7) is 8.49. The van der Waals surface area contributed by atoms with Crippen molar-refractivity contribution in [3.05, 3.63) is 35.6 Å². The largest absolute Gasteiger partial charge is 0.340 e. The van der Waals surface area contributed by atoms with Crippen molar-refractivity contribution in [1.82, 2.24) is 9.80 Å². The number of amides is 1. The molecule has 0 radical (unpaired) electrons. The molecule has 1 aliphatic heterocycles. The van der Waals surface area contributed by atoms with Crippen LogP contribution in [0.25, 0.3) is 0 Å². The van der Waals surface area contributed by atoms with Crippen LogP contribution in [0.2, 0.25) is 0 Å². The van der Waals surface area contributed by atoms with Crippen molar-refractivity contribution < 1.29 is 9.18 Å². The Morgan fingerprint density at radius 1 is 1.20 bits per heavy atom. The van der Waals surface area contributed by atoms with Gasteiger partial charge in [-0.25, -0.2) is 4.39 Å². The van der Waals surface area contributed by atoms with Crippen LogP contribution in [0.3, 0.4) is 0 Å². The van der Waals surface area contributed by atoms with E-state index in [1.807, 2.05) is 17.0 Å². The Balaban J connectivity index is 1.92. The highest BCUT2D eigenvalue weighted by Gasteiger charge is 2.29. The minimum absolute atomic E-state index is 0.155. The molecule has 0 N–H and O–H groups in total. The molecule has 0 saturated carbocycles. The van der Waals surface area contributed by atoms with Crippen molar-refractivity contribution in [2.45, 2.75) is 39.3 Å². The first-order valence-electron chi connectivity index (χ1n) is 7.23. The summed E-state index contributed by atoms with van der Waals surface area (Å²) in [7, 11) is 0. The molecule has 4 heteroatoms. The first-order chi connectivity index (χ1) is 9.47. The number of halogens is 1. The fourth-order valence-corrected chi connectivity index (χ4v) is 2.96. The standard InChI is InChI=1S/C16H23FN2O/c1-12-10-18(14(3)20)11-13(2)19(12)9-8-15-4-6-16(17)7-5-15/h4-7,12-13H,8-11H2,1-3H3. The number of hydrogen-bond acceptors (Lipinski definition) is 2. The molecule has 1 aromatic rings. The van der Waals surface area contributed by atoms with Gasteiger partial charge >= 0.3 is 0 Å². The van der Waals surface area contributed by atoms with Crippen molar-refractivity contribution in [2.75, 3.05) is 19.6 Å². The Kier molecular flexibility index (Phi) is 4.76. The predicted molar refractivity (Wildman–Crippen MR) is 78.0 cm³/mol. The van der Waals surface area contributed by atoms with E-state index in [1.165, 1.54) is 12.1 Å². The molecular formula is C16H23FN2O. The van der Waals surface area contributed by atoms with Crippen LogP contribution < -0.4 is 0 Å². The molecule has 20 heavy (non-hydrogen) atoms. The van der Waals surface area contributed by atoms with Crippen LogP contribution in [-0.4, -0.2) is 47.4 Å². The number of rotatable bonds is 3. The molecule has 3 nitrogen and oxygen atoms in total. The molecule has 1 amide bonds. The van der Waals surface area contributed by atoms with Gasteiger partial charge in [0, 0.05) is 38.6 Å². The molecule has 2 unspecified atom stereocenters. The molecule has 1 heterocycles. The average molecular weight is 278 g/mol. The van der Waals surface area contributed by atoms with Gasteiger partial charge in [-0.15, -0.1) is 0 Å². The number of carbonyl (C=O) groups excluding carboxylic acids is 1. The van der Waals surface area contributed by atoms with Gasteiger partial charge < -0.3 is 4.90 Å². The van der Waals surface area contributed by atoms with E-state index in [1.54, 1.807) is 6.92 Å². The second-order valence-electron chi connectivity index (χ2n) is 5.74. The van der Waals surface area contributed by atoms with Crippen LogP contribution in [0.1, 0.15) is 26.3 Å². The van der Waals surface area contributed by atoms with E-state index in [2.05, 4.69) is 18.7 Å². The lowest BCUT2D eigenvalue weighted by molar-refractivity contribution is -0.133. The second-order valence-corrected chi connectivity index (χ2v) is 5.74. The molecule has 1 aromatic carbocycles. The Hall–Kier alpha value is -1.42. The van der Waals surface area contributed by atoms with Crippen LogP contribution in [-0.2, 0) is 11.2 Å². The van der Waals surface area contributed by atoms with Crippen molar-refractivity contribution >= 4 is 5.91 Å². The first kappa shape index (κ1) is 15.0. The van der Waals surface area contributed by atoms with E-state index in [9.17, 15) is 9.18 Å².